The average Bonchev–Trinajstić information content (AvgIpc) is 2.24. The normalized spacial score (nSPS) is 12.8. The Labute approximate surface area is 103 Å². The first-order chi connectivity index (χ1) is 7.63. The molecule has 0 aliphatic heterocycles. The van der Waals surface area contributed by atoms with Gasteiger partial charge in [-0.15, -0.1) is 0 Å². The lowest BCUT2D eigenvalue weighted by atomic mass is 9.99. The van der Waals surface area contributed by atoms with Crippen molar-refractivity contribution in [1.29, 1.82) is 0 Å². The predicted molar refractivity (Wildman–Crippen MR) is 73.2 cm³/mol. The number of hydrogen-bond donors (Lipinski definition) is 1. The van der Waals surface area contributed by atoms with Crippen molar-refractivity contribution in [2.75, 3.05) is 11.5 Å². The van der Waals surface area contributed by atoms with E-state index in [0.717, 1.165) is 24.3 Å². The molecule has 1 aromatic carbocycles. The lowest BCUT2D eigenvalue weighted by Gasteiger charge is -2.12. The second-order valence-electron chi connectivity index (χ2n) is 4.27. The van der Waals surface area contributed by atoms with Crippen LogP contribution in [0, 0.1) is 13.8 Å². The van der Waals surface area contributed by atoms with Crippen LogP contribution in [0.15, 0.2) is 18.2 Å². The molecule has 1 nitrogen and oxygen atoms in total. The van der Waals surface area contributed by atoms with Gasteiger partial charge in [0.25, 0.3) is 0 Å². The number of aliphatic hydroxyl groups excluding tert-OH is 1. The van der Waals surface area contributed by atoms with E-state index in [2.05, 4.69) is 39.0 Å². The van der Waals surface area contributed by atoms with Crippen molar-refractivity contribution in [1.82, 2.24) is 0 Å². The fourth-order valence-electron chi connectivity index (χ4n) is 1.74. The lowest BCUT2D eigenvalue weighted by molar-refractivity contribution is 0.172. The van der Waals surface area contributed by atoms with Crippen molar-refractivity contribution in [2.24, 2.45) is 0 Å². The summed E-state index contributed by atoms with van der Waals surface area (Å²) in [5, 5.41) is 9.93. The van der Waals surface area contributed by atoms with E-state index in [1.165, 1.54) is 16.7 Å². The summed E-state index contributed by atoms with van der Waals surface area (Å²) in [6, 6.07) is 6.45. The van der Waals surface area contributed by atoms with Crippen LogP contribution in [0.25, 0.3) is 0 Å². The Kier molecular flexibility index (Phi) is 5.93. The van der Waals surface area contributed by atoms with E-state index in [1.807, 2.05) is 11.8 Å². The van der Waals surface area contributed by atoms with Gasteiger partial charge in [-0.3, -0.25) is 0 Å². The molecule has 1 atom stereocenters. The van der Waals surface area contributed by atoms with Crippen LogP contribution in [0.1, 0.15) is 30.0 Å². The molecule has 0 aromatic heterocycles. The standard InChI is InChI=1S/C14H22OS/c1-4-16-8-7-14(15)10-13-9-11(2)5-6-12(13)3/h5-6,9,14-15H,4,7-8,10H2,1-3H3. The number of rotatable bonds is 6. The quantitative estimate of drug-likeness (QED) is 0.767. The van der Waals surface area contributed by atoms with Gasteiger partial charge in [-0.25, -0.2) is 0 Å². The maximum Gasteiger partial charge on any atom is 0.0588 e. The Morgan fingerprint density at radius 1 is 1.31 bits per heavy atom. The zero-order chi connectivity index (χ0) is 12.0. The SMILES string of the molecule is CCSCCC(O)Cc1cc(C)ccc1C. The van der Waals surface area contributed by atoms with Gasteiger partial charge in [-0.05, 0) is 49.3 Å². The lowest BCUT2D eigenvalue weighted by Crippen LogP contribution is -2.12. The number of benzene rings is 1. The summed E-state index contributed by atoms with van der Waals surface area (Å²) in [5.74, 6) is 2.19. The van der Waals surface area contributed by atoms with Crippen LogP contribution in [0.3, 0.4) is 0 Å². The summed E-state index contributed by atoms with van der Waals surface area (Å²) in [6.45, 7) is 6.37. The Balaban J connectivity index is 2.48. The van der Waals surface area contributed by atoms with Gasteiger partial charge in [0.05, 0.1) is 6.10 Å². The molecule has 2 heteroatoms. The second kappa shape index (κ2) is 6.97. The zero-order valence-electron chi connectivity index (χ0n) is 10.5. The van der Waals surface area contributed by atoms with Gasteiger partial charge in [-0.1, -0.05) is 30.7 Å². The fraction of sp³-hybridized carbons (Fsp3) is 0.571. The number of thioether (sulfide) groups is 1. The molecule has 0 fully saturated rings. The molecule has 1 rings (SSSR count). The molecule has 0 amide bonds. The summed E-state index contributed by atoms with van der Waals surface area (Å²) in [6.07, 6.45) is 1.49. The van der Waals surface area contributed by atoms with Gasteiger partial charge < -0.3 is 5.11 Å². The molecule has 16 heavy (non-hydrogen) atoms. The first-order valence-electron chi connectivity index (χ1n) is 5.95. The molecule has 0 saturated carbocycles. The molecule has 0 radical (unpaired) electrons. The van der Waals surface area contributed by atoms with Crippen LogP contribution in [0.4, 0.5) is 0 Å². The van der Waals surface area contributed by atoms with Gasteiger partial charge in [0, 0.05) is 0 Å². The minimum atomic E-state index is -0.195. The molecule has 1 N–H and O–H groups in total. The minimum Gasteiger partial charge on any atom is -0.393 e. The topological polar surface area (TPSA) is 20.2 Å². The fourth-order valence-corrected chi connectivity index (χ4v) is 2.47. The molecular formula is C14H22OS. The molecule has 0 bridgehead atoms. The number of hydrogen-bond acceptors (Lipinski definition) is 2. The third-order valence-corrected chi connectivity index (χ3v) is 3.69. The Morgan fingerprint density at radius 2 is 2.06 bits per heavy atom. The molecule has 0 saturated heterocycles. The zero-order valence-corrected chi connectivity index (χ0v) is 11.3. The van der Waals surface area contributed by atoms with Crippen molar-refractivity contribution in [3.63, 3.8) is 0 Å². The Bertz CT molecular complexity index is 323. The van der Waals surface area contributed by atoms with Gasteiger partial charge in [0.15, 0.2) is 0 Å². The maximum atomic E-state index is 9.93. The van der Waals surface area contributed by atoms with E-state index in [1.54, 1.807) is 0 Å². The molecule has 0 spiro atoms. The highest BCUT2D eigenvalue weighted by Gasteiger charge is 2.07. The number of aliphatic hydroxyl groups is 1. The highest BCUT2D eigenvalue weighted by Crippen LogP contribution is 2.15. The highest BCUT2D eigenvalue weighted by atomic mass is 32.2. The first-order valence-corrected chi connectivity index (χ1v) is 7.11. The maximum absolute atomic E-state index is 9.93. The van der Waals surface area contributed by atoms with Crippen LogP contribution >= 0.6 is 11.8 Å². The third kappa shape index (κ3) is 4.58. The second-order valence-corrected chi connectivity index (χ2v) is 5.67. The molecule has 1 aromatic rings. The molecule has 1 unspecified atom stereocenters. The number of aryl methyl sites for hydroxylation is 2. The summed E-state index contributed by atoms with van der Waals surface area (Å²) >= 11 is 1.89. The van der Waals surface area contributed by atoms with Gasteiger partial charge in [0.1, 0.15) is 0 Å². The van der Waals surface area contributed by atoms with Crippen LogP contribution in [0.2, 0.25) is 0 Å². The smallest absolute Gasteiger partial charge is 0.0588 e. The molecule has 0 aliphatic carbocycles. The monoisotopic (exact) mass is 238 g/mol. The Hall–Kier alpha value is -0.470. The van der Waals surface area contributed by atoms with E-state index < -0.39 is 0 Å². The first kappa shape index (κ1) is 13.6. The van der Waals surface area contributed by atoms with E-state index >= 15 is 0 Å². The highest BCUT2D eigenvalue weighted by molar-refractivity contribution is 7.99. The van der Waals surface area contributed by atoms with E-state index in [9.17, 15) is 5.11 Å². The minimum absolute atomic E-state index is 0.195. The van der Waals surface area contributed by atoms with Gasteiger partial charge in [-0.2, -0.15) is 11.8 Å². The predicted octanol–water partition coefficient (Wildman–Crippen LogP) is 3.35. The molecular weight excluding hydrogens is 216 g/mol. The summed E-state index contributed by atoms with van der Waals surface area (Å²) < 4.78 is 0. The van der Waals surface area contributed by atoms with Gasteiger partial charge >= 0.3 is 0 Å². The van der Waals surface area contributed by atoms with Crippen LogP contribution in [-0.2, 0) is 6.42 Å². The van der Waals surface area contributed by atoms with Crippen LogP contribution in [-0.4, -0.2) is 22.7 Å². The van der Waals surface area contributed by atoms with Crippen molar-refractivity contribution in [2.45, 2.75) is 39.7 Å². The van der Waals surface area contributed by atoms with Crippen molar-refractivity contribution >= 4 is 11.8 Å². The van der Waals surface area contributed by atoms with Gasteiger partial charge in [0.2, 0.25) is 0 Å². The molecule has 0 aliphatic rings. The summed E-state index contributed by atoms with van der Waals surface area (Å²) in [7, 11) is 0. The van der Waals surface area contributed by atoms with Crippen LogP contribution in [0.5, 0.6) is 0 Å². The van der Waals surface area contributed by atoms with Crippen LogP contribution < -0.4 is 0 Å². The largest absolute Gasteiger partial charge is 0.393 e. The molecule has 0 heterocycles. The van der Waals surface area contributed by atoms with E-state index in [-0.39, 0.29) is 6.10 Å². The van der Waals surface area contributed by atoms with Crippen molar-refractivity contribution in [3.8, 4) is 0 Å². The van der Waals surface area contributed by atoms with Crippen molar-refractivity contribution in [3.05, 3.63) is 34.9 Å². The summed E-state index contributed by atoms with van der Waals surface area (Å²) in [5.41, 5.74) is 3.84. The Morgan fingerprint density at radius 3 is 2.75 bits per heavy atom. The van der Waals surface area contributed by atoms with Crippen molar-refractivity contribution < 1.29 is 5.11 Å². The average molecular weight is 238 g/mol. The summed E-state index contributed by atoms with van der Waals surface area (Å²) in [4.78, 5) is 0. The molecule has 90 valence electrons. The van der Waals surface area contributed by atoms with E-state index in [0.29, 0.717) is 0 Å². The third-order valence-electron chi connectivity index (χ3n) is 2.76. The van der Waals surface area contributed by atoms with E-state index in [4.69, 9.17) is 0 Å².